The zero-order valence-corrected chi connectivity index (χ0v) is 26.0. The Morgan fingerprint density at radius 3 is 2.20 bits per heavy atom. The predicted molar refractivity (Wildman–Crippen MR) is 163 cm³/mol. The Labute approximate surface area is 245 Å². The number of benzene rings is 2. The number of hydrogen-bond donors (Lipinski definition) is 3. The molecule has 0 fully saturated rings. The monoisotopic (exact) mass is 567 g/mol. The van der Waals surface area contributed by atoms with E-state index in [1.165, 1.54) is 0 Å². The van der Waals surface area contributed by atoms with Crippen molar-refractivity contribution in [2.45, 2.75) is 111 Å². The van der Waals surface area contributed by atoms with Crippen LogP contribution in [0.1, 0.15) is 95.5 Å². The van der Waals surface area contributed by atoms with Gasteiger partial charge in [0.15, 0.2) is 0 Å². The normalized spacial score (nSPS) is 12.9. The van der Waals surface area contributed by atoms with Gasteiger partial charge in [-0.15, -0.1) is 0 Å². The Morgan fingerprint density at radius 1 is 0.951 bits per heavy atom. The molecule has 8 nitrogen and oxygen atoms in total. The fourth-order valence-electron chi connectivity index (χ4n) is 4.66. The van der Waals surface area contributed by atoms with Gasteiger partial charge < -0.3 is 25.4 Å². The van der Waals surface area contributed by atoms with Crippen LogP contribution in [-0.2, 0) is 20.7 Å². The summed E-state index contributed by atoms with van der Waals surface area (Å²) >= 11 is 0. The maximum absolute atomic E-state index is 14.5. The second-order valence-corrected chi connectivity index (χ2v) is 12.1. The van der Waals surface area contributed by atoms with Crippen LogP contribution in [-0.4, -0.2) is 52.1 Å². The molecule has 0 saturated heterocycles. The van der Waals surface area contributed by atoms with Crippen molar-refractivity contribution in [3.8, 4) is 5.75 Å². The minimum absolute atomic E-state index is 0.106. The van der Waals surface area contributed by atoms with E-state index in [0.717, 1.165) is 41.5 Å². The molecular weight excluding hydrogens is 518 g/mol. The van der Waals surface area contributed by atoms with E-state index in [-0.39, 0.29) is 30.0 Å². The molecule has 3 amide bonds. The van der Waals surface area contributed by atoms with E-state index in [0.29, 0.717) is 13.0 Å². The lowest BCUT2D eigenvalue weighted by Crippen LogP contribution is -2.54. The number of aromatic hydroxyl groups is 1. The first-order valence-corrected chi connectivity index (χ1v) is 14.7. The number of alkyl carbamates (subject to hydrolysis) is 1. The molecule has 41 heavy (non-hydrogen) atoms. The lowest BCUT2D eigenvalue weighted by molar-refractivity contribution is -0.142. The molecule has 8 heteroatoms. The van der Waals surface area contributed by atoms with E-state index in [9.17, 15) is 19.5 Å². The van der Waals surface area contributed by atoms with Gasteiger partial charge in [-0.1, -0.05) is 62.1 Å². The third-order valence-corrected chi connectivity index (χ3v) is 6.62. The second kappa shape index (κ2) is 15.5. The summed E-state index contributed by atoms with van der Waals surface area (Å²) in [6, 6.07) is 10.4. The Kier molecular flexibility index (Phi) is 12.7. The van der Waals surface area contributed by atoms with Crippen LogP contribution in [0.3, 0.4) is 0 Å². The molecule has 0 aliphatic rings. The summed E-state index contributed by atoms with van der Waals surface area (Å²) in [7, 11) is 0. The number of carbonyl (C=O) groups is 3. The average molecular weight is 568 g/mol. The van der Waals surface area contributed by atoms with E-state index < -0.39 is 23.8 Å². The molecule has 226 valence electrons. The van der Waals surface area contributed by atoms with Gasteiger partial charge in [0.25, 0.3) is 0 Å². The zero-order valence-electron chi connectivity index (χ0n) is 26.0. The fourth-order valence-corrected chi connectivity index (χ4v) is 4.66. The Morgan fingerprint density at radius 2 is 1.61 bits per heavy atom. The van der Waals surface area contributed by atoms with Crippen molar-refractivity contribution >= 4 is 17.9 Å². The number of phenolic OH excluding ortho intramolecular Hbond substituents is 1. The number of aryl methyl sites for hydroxylation is 2. The largest absolute Gasteiger partial charge is 0.508 e. The number of unbranched alkanes of at least 4 members (excludes halogenated alkanes) is 3. The summed E-state index contributed by atoms with van der Waals surface area (Å²) in [5, 5.41) is 15.6. The first-order valence-electron chi connectivity index (χ1n) is 14.7. The predicted octanol–water partition coefficient (Wildman–Crippen LogP) is 6.12. The lowest BCUT2D eigenvalue weighted by Gasteiger charge is -2.35. The summed E-state index contributed by atoms with van der Waals surface area (Å²) < 4.78 is 5.51. The van der Waals surface area contributed by atoms with Crippen LogP contribution in [0, 0.1) is 13.8 Å². The molecular formula is C33H49N3O5. The first-order chi connectivity index (χ1) is 19.2. The van der Waals surface area contributed by atoms with Gasteiger partial charge in [-0.25, -0.2) is 4.79 Å². The van der Waals surface area contributed by atoms with E-state index in [1.54, 1.807) is 49.9 Å². The van der Waals surface area contributed by atoms with Crippen molar-refractivity contribution in [1.29, 1.82) is 0 Å². The quantitative estimate of drug-likeness (QED) is 0.253. The van der Waals surface area contributed by atoms with Gasteiger partial charge in [0.05, 0.1) is 0 Å². The minimum Gasteiger partial charge on any atom is -0.508 e. The topological polar surface area (TPSA) is 108 Å². The molecule has 0 bridgehead atoms. The van der Waals surface area contributed by atoms with Crippen molar-refractivity contribution in [3.05, 3.63) is 64.7 Å². The molecule has 2 unspecified atom stereocenters. The third kappa shape index (κ3) is 11.1. The van der Waals surface area contributed by atoms with Gasteiger partial charge in [0.1, 0.15) is 23.4 Å². The zero-order chi connectivity index (χ0) is 30.7. The average Bonchev–Trinajstić information content (AvgIpc) is 2.86. The number of amides is 3. The molecule has 2 aromatic rings. The van der Waals surface area contributed by atoms with Gasteiger partial charge >= 0.3 is 6.09 Å². The van der Waals surface area contributed by atoms with Crippen LogP contribution < -0.4 is 10.6 Å². The molecule has 0 aliphatic carbocycles. The summed E-state index contributed by atoms with van der Waals surface area (Å²) in [4.78, 5) is 42.9. The smallest absolute Gasteiger partial charge is 0.408 e. The number of rotatable bonds is 13. The number of nitrogens with zero attached hydrogens (tertiary/aromatic N) is 1. The van der Waals surface area contributed by atoms with Crippen LogP contribution >= 0.6 is 0 Å². The van der Waals surface area contributed by atoms with Gasteiger partial charge in [-0.2, -0.15) is 0 Å². The molecule has 2 aromatic carbocycles. The van der Waals surface area contributed by atoms with Crippen molar-refractivity contribution in [2.75, 3.05) is 6.54 Å². The van der Waals surface area contributed by atoms with Gasteiger partial charge in [0.2, 0.25) is 11.8 Å². The van der Waals surface area contributed by atoms with Crippen molar-refractivity contribution in [3.63, 3.8) is 0 Å². The van der Waals surface area contributed by atoms with Crippen molar-refractivity contribution in [1.82, 2.24) is 15.5 Å². The molecule has 0 radical (unpaired) electrons. The molecule has 0 aromatic heterocycles. The molecule has 2 rings (SSSR count). The maximum Gasteiger partial charge on any atom is 0.408 e. The number of phenols is 1. The van der Waals surface area contributed by atoms with Crippen LogP contribution in [0.5, 0.6) is 5.75 Å². The van der Waals surface area contributed by atoms with Gasteiger partial charge in [0, 0.05) is 19.0 Å². The third-order valence-electron chi connectivity index (χ3n) is 6.62. The minimum atomic E-state index is -1.000. The Bertz CT molecular complexity index is 1150. The summed E-state index contributed by atoms with van der Waals surface area (Å²) in [6.45, 7) is 15.4. The number of carbonyl (C=O) groups excluding carboxylic acids is 3. The highest BCUT2D eigenvalue weighted by atomic mass is 16.6. The highest BCUT2D eigenvalue weighted by molar-refractivity contribution is 5.92. The molecule has 0 aliphatic heterocycles. The Balaban J connectivity index is 2.61. The highest BCUT2D eigenvalue weighted by Crippen LogP contribution is 2.28. The maximum atomic E-state index is 14.5. The standard InChI is InChI=1S/C33H49N3O5/c1-9-10-11-12-19-36(29(30(38)34-22(2)3)27-20-23(4)13-14-24(27)5)31(39)28(35-32(40)41-33(6,7)8)21-25-15-17-26(37)18-16-25/h13-18,20,22,28-29,37H,9-12,19,21H2,1-8H3,(H,34,38)(H,35,40). The first kappa shape index (κ1) is 33.7. The molecule has 0 spiro atoms. The molecule has 3 N–H and O–H groups in total. The number of ether oxygens (including phenoxy) is 1. The van der Waals surface area contributed by atoms with Gasteiger partial charge in [-0.05, 0) is 83.7 Å². The van der Waals surface area contributed by atoms with Crippen LogP contribution in [0.2, 0.25) is 0 Å². The van der Waals surface area contributed by atoms with Crippen LogP contribution in [0.15, 0.2) is 42.5 Å². The number of hydrogen-bond acceptors (Lipinski definition) is 5. The van der Waals surface area contributed by atoms with Crippen molar-refractivity contribution in [2.24, 2.45) is 0 Å². The van der Waals surface area contributed by atoms with E-state index in [1.807, 2.05) is 45.9 Å². The summed E-state index contributed by atoms with van der Waals surface area (Å²) in [5.41, 5.74) is 2.64. The fraction of sp³-hybridized carbons (Fsp3) is 0.545. The number of nitrogens with one attached hydrogen (secondary N) is 2. The SMILES string of the molecule is CCCCCCN(C(=O)C(Cc1ccc(O)cc1)NC(=O)OC(C)(C)C)C(C(=O)NC(C)C)c1cc(C)ccc1C. The van der Waals surface area contributed by atoms with Gasteiger partial charge in [-0.3, -0.25) is 9.59 Å². The van der Waals surface area contributed by atoms with E-state index >= 15 is 0 Å². The van der Waals surface area contributed by atoms with E-state index in [4.69, 9.17) is 4.74 Å². The van der Waals surface area contributed by atoms with Crippen LogP contribution in [0.4, 0.5) is 4.79 Å². The highest BCUT2D eigenvalue weighted by Gasteiger charge is 2.37. The van der Waals surface area contributed by atoms with Crippen LogP contribution in [0.25, 0.3) is 0 Å². The summed E-state index contributed by atoms with van der Waals surface area (Å²) in [6.07, 6.45) is 3.13. The molecule has 2 atom stereocenters. The molecule has 0 heterocycles. The van der Waals surface area contributed by atoms with E-state index in [2.05, 4.69) is 17.6 Å². The molecule has 0 saturated carbocycles. The second-order valence-electron chi connectivity index (χ2n) is 12.1. The lowest BCUT2D eigenvalue weighted by atomic mass is 9.95. The summed E-state index contributed by atoms with van der Waals surface area (Å²) in [5.74, 6) is -0.530. The Hall–Kier alpha value is -3.55. The van der Waals surface area contributed by atoms with Crippen molar-refractivity contribution < 1.29 is 24.2 Å².